The number of amides is 1. The standard InChI is InChI=1S/C24H19F4N3O/c1-12-22-16(23(30(2)29-22)15-10-19(26)21(28)20(27)11-15)6-7-31(12)24(32)17-8-13-4-3-5-14(13)9-18(17)25/h3,5,8-12H,4,6-7H2,1-2H3/t12-/m0/s1. The topological polar surface area (TPSA) is 38.1 Å². The predicted molar refractivity (Wildman–Crippen MR) is 111 cm³/mol. The minimum absolute atomic E-state index is 0.0154. The van der Waals surface area contributed by atoms with Crippen molar-refractivity contribution in [3.05, 3.63) is 81.6 Å². The fourth-order valence-electron chi connectivity index (χ4n) is 4.67. The first-order valence-electron chi connectivity index (χ1n) is 10.3. The van der Waals surface area contributed by atoms with Crippen molar-refractivity contribution in [2.45, 2.75) is 25.8 Å². The third-order valence-corrected chi connectivity index (χ3v) is 6.25. The van der Waals surface area contributed by atoms with Gasteiger partial charge in [0.25, 0.3) is 5.91 Å². The number of allylic oxidation sites excluding steroid dienone is 1. The van der Waals surface area contributed by atoms with Crippen molar-refractivity contribution < 1.29 is 22.4 Å². The molecule has 0 fully saturated rings. The highest BCUT2D eigenvalue weighted by Gasteiger charge is 2.34. The second-order valence-electron chi connectivity index (χ2n) is 8.15. The van der Waals surface area contributed by atoms with Crippen LogP contribution in [-0.2, 0) is 19.9 Å². The molecule has 8 heteroatoms. The van der Waals surface area contributed by atoms with Crippen molar-refractivity contribution in [2.75, 3.05) is 6.54 Å². The number of fused-ring (bicyclic) bond motifs is 2. The Labute approximate surface area is 181 Å². The zero-order valence-electron chi connectivity index (χ0n) is 17.4. The van der Waals surface area contributed by atoms with Gasteiger partial charge in [0, 0.05) is 24.7 Å². The van der Waals surface area contributed by atoms with Crippen LogP contribution in [0.3, 0.4) is 0 Å². The highest BCUT2D eigenvalue weighted by atomic mass is 19.2. The Balaban J connectivity index is 1.51. The number of hydrogen-bond donors (Lipinski definition) is 0. The summed E-state index contributed by atoms with van der Waals surface area (Å²) in [6.07, 6.45) is 4.77. The average molecular weight is 441 g/mol. The van der Waals surface area contributed by atoms with Gasteiger partial charge in [0.2, 0.25) is 0 Å². The minimum Gasteiger partial charge on any atom is -0.330 e. The van der Waals surface area contributed by atoms with E-state index in [1.54, 1.807) is 24.9 Å². The summed E-state index contributed by atoms with van der Waals surface area (Å²) in [4.78, 5) is 14.8. The van der Waals surface area contributed by atoms with Crippen molar-refractivity contribution >= 4 is 12.0 Å². The molecule has 2 heterocycles. The fraction of sp³-hybridized carbons (Fsp3) is 0.250. The van der Waals surface area contributed by atoms with Crippen molar-refractivity contribution in [2.24, 2.45) is 7.05 Å². The van der Waals surface area contributed by atoms with Crippen LogP contribution >= 0.6 is 0 Å². The van der Waals surface area contributed by atoms with Gasteiger partial charge in [-0.05, 0) is 55.2 Å². The molecule has 1 aliphatic carbocycles. The SMILES string of the molecule is C[C@H]1c2nn(C)c(-c3cc(F)c(F)c(F)c3)c2CCN1C(=O)c1cc2c(cc1F)C=CC2. The summed E-state index contributed by atoms with van der Waals surface area (Å²) in [5, 5.41) is 4.48. The lowest BCUT2D eigenvalue weighted by atomic mass is 9.94. The Kier molecular flexibility index (Phi) is 4.69. The maximum absolute atomic E-state index is 14.7. The first-order chi connectivity index (χ1) is 15.3. The van der Waals surface area contributed by atoms with Gasteiger partial charge in [-0.25, -0.2) is 17.6 Å². The molecule has 1 aliphatic heterocycles. The number of benzene rings is 2. The molecule has 32 heavy (non-hydrogen) atoms. The summed E-state index contributed by atoms with van der Waals surface area (Å²) in [6, 6.07) is 4.37. The van der Waals surface area contributed by atoms with Gasteiger partial charge in [0.15, 0.2) is 17.5 Å². The molecule has 0 radical (unpaired) electrons. The van der Waals surface area contributed by atoms with E-state index in [9.17, 15) is 22.4 Å². The zero-order chi connectivity index (χ0) is 22.7. The van der Waals surface area contributed by atoms with Gasteiger partial charge in [0.1, 0.15) is 5.82 Å². The lowest BCUT2D eigenvalue weighted by Crippen LogP contribution is -2.39. The zero-order valence-corrected chi connectivity index (χ0v) is 17.4. The second kappa shape index (κ2) is 7.32. The van der Waals surface area contributed by atoms with Gasteiger partial charge in [-0.1, -0.05) is 12.2 Å². The second-order valence-corrected chi connectivity index (χ2v) is 8.15. The molecule has 164 valence electrons. The largest absolute Gasteiger partial charge is 0.330 e. The van der Waals surface area contributed by atoms with Gasteiger partial charge in [0.05, 0.1) is 23.0 Å². The average Bonchev–Trinajstić information content (AvgIpc) is 3.34. The highest BCUT2D eigenvalue weighted by Crippen LogP contribution is 2.37. The smallest absolute Gasteiger partial charge is 0.257 e. The third kappa shape index (κ3) is 3.04. The number of aryl methyl sites for hydroxylation is 1. The van der Waals surface area contributed by atoms with Crippen LogP contribution < -0.4 is 0 Å². The number of halogens is 4. The number of aromatic nitrogens is 2. The van der Waals surface area contributed by atoms with E-state index in [1.165, 1.54) is 10.7 Å². The monoisotopic (exact) mass is 441 g/mol. The molecule has 0 saturated heterocycles. The van der Waals surface area contributed by atoms with Crippen LogP contribution in [0.4, 0.5) is 17.6 Å². The molecule has 1 aromatic heterocycles. The Morgan fingerprint density at radius 3 is 2.50 bits per heavy atom. The van der Waals surface area contributed by atoms with Gasteiger partial charge in [-0.3, -0.25) is 9.48 Å². The number of nitrogens with zero attached hydrogens (tertiary/aromatic N) is 3. The van der Waals surface area contributed by atoms with Gasteiger partial charge >= 0.3 is 0 Å². The summed E-state index contributed by atoms with van der Waals surface area (Å²) in [7, 11) is 1.62. The first kappa shape index (κ1) is 20.5. The maximum atomic E-state index is 14.7. The van der Waals surface area contributed by atoms with Gasteiger partial charge in [-0.2, -0.15) is 5.10 Å². The van der Waals surface area contributed by atoms with Crippen molar-refractivity contribution in [1.82, 2.24) is 14.7 Å². The molecule has 2 aromatic carbocycles. The molecule has 5 rings (SSSR count). The summed E-state index contributed by atoms with van der Waals surface area (Å²) in [5.41, 5.74) is 3.63. The van der Waals surface area contributed by atoms with Crippen LogP contribution in [0.2, 0.25) is 0 Å². The maximum Gasteiger partial charge on any atom is 0.257 e. The molecule has 1 atom stereocenters. The molecule has 4 nitrogen and oxygen atoms in total. The molecule has 0 N–H and O–H groups in total. The van der Waals surface area contributed by atoms with E-state index < -0.39 is 35.2 Å². The lowest BCUT2D eigenvalue weighted by molar-refractivity contribution is 0.0668. The summed E-state index contributed by atoms with van der Waals surface area (Å²) in [5.74, 6) is -5.09. The summed E-state index contributed by atoms with van der Waals surface area (Å²) < 4.78 is 57.2. The van der Waals surface area contributed by atoms with Crippen LogP contribution in [0.25, 0.3) is 17.3 Å². The fourth-order valence-corrected chi connectivity index (χ4v) is 4.67. The van der Waals surface area contributed by atoms with E-state index in [-0.39, 0.29) is 17.7 Å². The Bertz CT molecular complexity index is 1290. The third-order valence-electron chi connectivity index (χ3n) is 6.25. The van der Waals surface area contributed by atoms with E-state index in [0.29, 0.717) is 24.2 Å². The lowest BCUT2D eigenvalue weighted by Gasteiger charge is -2.33. The molecule has 0 unspecified atom stereocenters. The van der Waals surface area contributed by atoms with Crippen molar-refractivity contribution in [3.63, 3.8) is 0 Å². The molecule has 3 aromatic rings. The molecule has 1 amide bonds. The summed E-state index contributed by atoms with van der Waals surface area (Å²) >= 11 is 0. The van der Waals surface area contributed by atoms with Crippen LogP contribution in [-0.4, -0.2) is 27.1 Å². The van der Waals surface area contributed by atoms with E-state index in [1.807, 2.05) is 12.2 Å². The van der Waals surface area contributed by atoms with E-state index >= 15 is 0 Å². The van der Waals surface area contributed by atoms with Crippen LogP contribution in [0.5, 0.6) is 0 Å². The molecule has 0 saturated carbocycles. The summed E-state index contributed by atoms with van der Waals surface area (Å²) in [6.45, 7) is 2.07. The van der Waals surface area contributed by atoms with E-state index in [4.69, 9.17) is 0 Å². The first-order valence-corrected chi connectivity index (χ1v) is 10.3. The van der Waals surface area contributed by atoms with Crippen LogP contribution in [0, 0.1) is 23.3 Å². The number of carbonyl (C=O) groups is 1. The molecular formula is C24H19F4N3O. The van der Waals surface area contributed by atoms with Crippen LogP contribution in [0.15, 0.2) is 30.3 Å². The van der Waals surface area contributed by atoms with E-state index in [0.717, 1.165) is 28.8 Å². The Hall–Kier alpha value is -3.42. The Morgan fingerprint density at radius 2 is 1.78 bits per heavy atom. The molecule has 0 spiro atoms. The normalized spacial score (nSPS) is 16.9. The number of rotatable bonds is 2. The molecular weight excluding hydrogens is 422 g/mol. The number of hydrogen-bond acceptors (Lipinski definition) is 2. The minimum atomic E-state index is -1.53. The molecule has 0 bridgehead atoms. The molecule has 2 aliphatic rings. The van der Waals surface area contributed by atoms with Gasteiger partial charge < -0.3 is 4.90 Å². The van der Waals surface area contributed by atoms with E-state index in [2.05, 4.69) is 5.10 Å². The highest BCUT2D eigenvalue weighted by molar-refractivity contribution is 5.95. The van der Waals surface area contributed by atoms with Crippen LogP contribution in [0.1, 0.15) is 45.7 Å². The predicted octanol–water partition coefficient (Wildman–Crippen LogP) is 4.97. The van der Waals surface area contributed by atoms with Crippen molar-refractivity contribution in [3.8, 4) is 11.3 Å². The Morgan fingerprint density at radius 1 is 1.06 bits per heavy atom. The van der Waals surface area contributed by atoms with Crippen molar-refractivity contribution in [1.29, 1.82) is 0 Å². The quantitative estimate of drug-likeness (QED) is 0.416. The van der Waals surface area contributed by atoms with Gasteiger partial charge in [-0.15, -0.1) is 0 Å². The number of carbonyl (C=O) groups excluding carboxylic acids is 1.